The number of nitriles is 1. The van der Waals surface area contributed by atoms with E-state index in [2.05, 4.69) is 11.4 Å². The second kappa shape index (κ2) is 10.5. The van der Waals surface area contributed by atoms with Crippen LogP contribution in [-0.2, 0) is 19.1 Å². The lowest BCUT2D eigenvalue weighted by Crippen LogP contribution is -2.47. The molecule has 0 bridgehead atoms. The van der Waals surface area contributed by atoms with Crippen molar-refractivity contribution < 1.29 is 23.9 Å². The fraction of sp³-hybridized carbons (Fsp3) is 0.259. The van der Waals surface area contributed by atoms with Gasteiger partial charge in [-0.2, -0.15) is 5.26 Å². The molecule has 0 aromatic heterocycles. The predicted octanol–water partition coefficient (Wildman–Crippen LogP) is 2.81. The maximum Gasteiger partial charge on any atom is 0.355 e. The zero-order valence-electron chi connectivity index (χ0n) is 20.8. The minimum atomic E-state index is -0.958. The molecule has 0 aliphatic carbocycles. The van der Waals surface area contributed by atoms with E-state index in [0.29, 0.717) is 35.6 Å². The van der Waals surface area contributed by atoms with Gasteiger partial charge in [0.2, 0.25) is 0 Å². The largest absolute Gasteiger partial charge is 0.466 e. The van der Waals surface area contributed by atoms with Gasteiger partial charge < -0.3 is 20.5 Å². The van der Waals surface area contributed by atoms with Gasteiger partial charge >= 0.3 is 18.0 Å². The molecule has 1 atom stereocenters. The summed E-state index contributed by atoms with van der Waals surface area (Å²) in [6.07, 6.45) is 0.762. The fourth-order valence-corrected chi connectivity index (χ4v) is 4.77. The molecule has 2 aliphatic rings. The van der Waals surface area contributed by atoms with Crippen molar-refractivity contribution in [1.82, 2.24) is 5.32 Å². The van der Waals surface area contributed by atoms with Crippen LogP contribution in [0.4, 0.5) is 16.2 Å². The lowest BCUT2D eigenvalue weighted by atomic mass is 9.80. The van der Waals surface area contributed by atoms with Crippen LogP contribution in [0.2, 0.25) is 0 Å². The molecular weight excluding hydrogens is 474 g/mol. The number of anilines is 2. The highest BCUT2D eigenvalue weighted by Gasteiger charge is 2.43. The number of urea groups is 1. The third-order valence-electron chi connectivity index (χ3n) is 6.50. The molecule has 2 aromatic rings. The van der Waals surface area contributed by atoms with E-state index in [0.717, 1.165) is 6.42 Å². The summed E-state index contributed by atoms with van der Waals surface area (Å²) < 4.78 is 10.2. The molecule has 1 saturated heterocycles. The van der Waals surface area contributed by atoms with Gasteiger partial charge in [0.25, 0.3) is 0 Å². The molecule has 0 radical (unpaired) electrons. The van der Waals surface area contributed by atoms with Crippen LogP contribution in [0.5, 0.6) is 0 Å². The Morgan fingerprint density at radius 2 is 1.73 bits per heavy atom. The number of carbonyl (C=O) groups is 3. The molecule has 2 heterocycles. The Morgan fingerprint density at radius 3 is 2.35 bits per heavy atom. The van der Waals surface area contributed by atoms with Crippen molar-refractivity contribution >= 4 is 29.3 Å². The normalized spacial score (nSPS) is 17.8. The molecule has 1 unspecified atom stereocenters. The quantitative estimate of drug-likeness (QED) is 0.597. The van der Waals surface area contributed by atoms with Crippen molar-refractivity contribution in [3.8, 4) is 6.07 Å². The van der Waals surface area contributed by atoms with Gasteiger partial charge in [0, 0.05) is 13.1 Å². The van der Waals surface area contributed by atoms with E-state index in [-0.39, 0.29) is 28.7 Å². The third-order valence-corrected chi connectivity index (χ3v) is 6.50. The van der Waals surface area contributed by atoms with Crippen molar-refractivity contribution in [2.45, 2.75) is 19.3 Å². The molecule has 2 aromatic carbocycles. The number of nitrogens with zero attached hydrogens (tertiary/aromatic N) is 3. The Hall–Kier alpha value is -4.78. The van der Waals surface area contributed by atoms with Crippen molar-refractivity contribution in [3.05, 3.63) is 82.3 Å². The van der Waals surface area contributed by atoms with Gasteiger partial charge in [0.1, 0.15) is 11.5 Å². The Bertz CT molecular complexity index is 1360. The fourth-order valence-electron chi connectivity index (χ4n) is 4.77. The highest BCUT2D eigenvalue weighted by molar-refractivity contribution is 6.07. The van der Waals surface area contributed by atoms with E-state index in [1.54, 1.807) is 60.4 Å². The van der Waals surface area contributed by atoms with E-state index < -0.39 is 17.9 Å². The van der Waals surface area contributed by atoms with Gasteiger partial charge in [-0.15, -0.1) is 0 Å². The molecule has 0 saturated carbocycles. The van der Waals surface area contributed by atoms with E-state index in [1.165, 1.54) is 19.1 Å². The topological polar surface area (TPSA) is 138 Å². The number of amides is 2. The van der Waals surface area contributed by atoms with Crippen LogP contribution < -0.4 is 20.9 Å². The minimum absolute atomic E-state index is 0.0345. The Balaban J connectivity index is 2.02. The first kappa shape index (κ1) is 25.3. The molecular formula is C27H27N5O5. The highest BCUT2D eigenvalue weighted by atomic mass is 16.5. The first-order valence-corrected chi connectivity index (χ1v) is 11.7. The number of allylic oxidation sites excluding steroid dienone is 1. The number of esters is 2. The summed E-state index contributed by atoms with van der Waals surface area (Å²) in [6, 6.07) is 15.9. The van der Waals surface area contributed by atoms with E-state index >= 15 is 0 Å². The maximum absolute atomic E-state index is 13.3. The second-order valence-electron chi connectivity index (χ2n) is 8.49. The summed E-state index contributed by atoms with van der Waals surface area (Å²) in [5, 5.41) is 13.0. The Morgan fingerprint density at radius 1 is 1.05 bits per heavy atom. The summed E-state index contributed by atoms with van der Waals surface area (Å²) >= 11 is 0. The van der Waals surface area contributed by atoms with Gasteiger partial charge in [-0.05, 0) is 36.6 Å². The van der Waals surface area contributed by atoms with Crippen LogP contribution in [0, 0.1) is 18.3 Å². The van der Waals surface area contributed by atoms with E-state index in [1.807, 2.05) is 0 Å². The molecule has 1 fully saturated rings. The number of ether oxygens (including phenoxy) is 2. The number of methoxy groups -OCH3 is 2. The summed E-state index contributed by atoms with van der Waals surface area (Å²) in [4.78, 5) is 42.0. The van der Waals surface area contributed by atoms with E-state index in [4.69, 9.17) is 15.2 Å². The SMILES string of the molecule is COC(=O)C1=C(C(=O)OC)N(c2cccc(N3CCCNC3=O)c2C)C(N)=C(C#N)C1c1ccccc1. The first-order chi connectivity index (χ1) is 17.8. The molecule has 4 rings (SSSR count). The van der Waals surface area contributed by atoms with Gasteiger partial charge in [-0.1, -0.05) is 36.4 Å². The number of carbonyl (C=O) groups excluding carboxylic acids is 3. The zero-order chi connectivity index (χ0) is 26.7. The van der Waals surface area contributed by atoms with Crippen molar-refractivity contribution in [2.24, 2.45) is 5.73 Å². The number of nitrogens with two attached hydrogens (primary N) is 1. The van der Waals surface area contributed by atoms with Crippen LogP contribution in [-0.4, -0.2) is 45.3 Å². The monoisotopic (exact) mass is 501 g/mol. The average molecular weight is 502 g/mol. The number of hydrogen-bond acceptors (Lipinski definition) is 8. The number of nitrogens with one attached hydrogen (secondary N) is 1. The Kier molecular flexibility index (Phi) is 7.15. The number of hydrogen-bond donors (Lipinski definition) is 2. The van der Waals surface area contributed by atoms with E-state index in [9.17, 15) is 19.6 Å². The van der Waals surface area contributed by atoms with Gasteiger partial charge in [-0.3, -0.25) is 9.80 Å². The lowest BCUT2D eigenvalue weighted by Gasteiger charge is -2.37. The second-order valence-corrected chi connectivity index (χ2v) is 8.49. The van der Waals surface area contributed by atoms with Crippen molar-refractivity contribution in [1.29, 1.82) is 5.26 Å². The molecule has 3 N–H and O–H groups in total. The molecule has 0 spiro atoms. The molecule has 37 heavy (non-hydrogen) atoms. The van der Waals surface area contributed by atoms with Crippen LogP contribution in [0.15, 0.2) is 71.2 Å². The summed E-state index contributed by atoms with van der Waals surface area (Å²) in [7, 11) is 2.40. The predicted molar refractivity (Wildman–Crippen MR) is 136 cm³/mol. The van der Waals surface area contributed by atoms with Crippen molar-refractivity contribution in [3.63, 3.8) is 0 Å². The first-order valence-electron chi connectivity index (χ1n) is 11.7. The Labute approximate surface area is 214 Å². The third kappa shape index (κ3) is 4.36. The summed E-state index contributed by atoms with van der Waals surface area (Å²) in [5.74, 6) is -2.63. The van der Waals surface area contributed by atoms with Crippen LogP contribution in [0.3, 0.4) is 0 Å². The molecule has 190 valence electrons. The molecule has 10 heteroatoms. The average Bonchev–Trinajstić information content (AvgIpc) is 2.92. The van der Waals surface area contributed by atoms with Gasteiger partial charge in [0.15, 0.2) is 0 Å². The molecule has 10 nitrogen and oxygen atoms in total. The van der Waals surface area contributed by atoms with Gasteiger partial charge in [0.05, 0.1) is 48.7 Å². The van der Waals surface area contributed by atoms with Crippen LogP contribution in [0.1, 0.15) is 23.5 Å². The summed E-state index contributed by atoms with van der Waals surface area (Å²) in [5.41, 5.74) is 8.64. The smallest absolute Gasteiger partial charge is 0.355 e. The zero-order valence-corrected chi connectivity index (χ0v) is 20.8. The molecule has 2 aliphatic heterocycles. The summed E-state index contributed by atoms with van der Waals surface area (Å²) in [6.45, 7) is 2.87. The maximum atomic E-state index is 13.3. The van der Waals surface area contributed by atoms with Crippen molar-refractivity contribution in [2.75, 3.05) is 37.1 Å². The number of rotatable bonds is 5. The minimum Gasteiger partial charge on any atom is -0.466 e. The standard InChI is InChI=1S/C27H27N5O5/c1-16-19(31-14-8-13-30-27(31)35)11-7-12-20(16)32-23(26(34)37-3)22(25(33)36-2)21(18(15-28)24(32)29)17-9-5-4-6-10-17/h4-7,9-12,21H,8,13-14,29H2,1-3H3,(H,30,35). The van der Waals surface area contributed by atoms with Gasteiger partial charge in [-0.25, -0.2) is 14.4 Å². The highest BCUT2D eigenvalue weighted by Crippen LogP contribution is 2.44. The number of benzene rings is 2. The lowest BCUT2D eigenvalue weighted by molar-refractivity contribution is -0.139. The van der Waals surface area contributed by atoms with Crippen LogP contribution in [0.25, 0.3) is 0 Å². The van der Waals surface area contributed by atoms with Crippen LogP contribution >= 0.6 is 0 Å². The molecule has 2 amide bonds.